The van der Waals surface area contributed by atoms with Crippen LogP contribution >= 0.6 is 23.4 Å². The van der Waals surface area contributed by atoms with Crippen LogP contribution in [0.2, 0.25) is 5.02 Å². The van der Waals surface area contributed by atoms with E-state index >= 15 is 0 Å². The van der Waals surface area contributed by atoms with Crippen molar-refractivity contribution in [3.05, 3.63) is 87.9 Å². The maximum Gasteiger partial charge on any atom is 0.416 e. The van der Waals surface area contributed by atoms with Crippen molar-refractivity contribution in [2.45, 2.75) is 30.8 Å². The molecule has 3 amide bonds. The Kier molecular flexibility index (Phi) is 9.24. The molecule has 0 fully saturated rings. The van der Waals surface area contributed by atoms with E-state index in [9.17, 15) is 27.6 Å². The number of urea groups is 1. The number of nitrogens with one attached hydrogen (secondary N) is 2. The molecule has 0 aliphatic carbocycles. The van der Waals surface area contributed by atoms with Crippen molar-refractivity contribution in [2.75, 3.05) is 22.5 Å². The number of hydrogen-bond donors (Lipinski definition) is 3. The Morgan fingerprint density at radius 1 is 1.07 bits per heavy atom. The highest BCUT2D eigenvalue weighted by atomic mass is 35.5. The van der Waals surface area contributed by atoms with Crippen molar-refractivity contribution in [2.24, 2.45) is 5.10 Å². The first kappa shape index (κ1) is 29.9. The number of rotatable bonds is 9. The van der Waals surface area contributed by atoms with Gasteiger partial charge in [0.05, 0.1) is 27.5 Å². The van der Waals surface area contributed by atoms with Crippen LogP contribution in [0.5, 0.6) is 0 Å². The summed E-state index contributed by atoms with van der Waals surface area (Å²) in [6.45, 7) is 2.37. The van der Waals surface area contributed by atoms with Gasteiger partial charge in [-0.3, -0.25) is 4.79 Å². The molecule has 0 bridgehead atoms. The number of carbonyl (C=O) groups excluding carboxylic acids is 2. The summed E-state index contributed by atoms with van der Waals surface area (Å²) in [7, 11) is 0. The second-order valence-electron chi connectivity index (χ2n) is 8.96. The van der Waals surface area contributed by atoms with E-state index in [0.717, 1.165) is 22.6 Å². The number of aromatic carboxylic acids is 1. The lowest BCUT2D eigenvalue weighted by molar-refractivity contribution is -0.137. The second kappa shape index (κ2) is 12.6. The number of aryl methyl sites for hydroxylation is 1. The number of carboxylic acid groups (broad SMARTS) is 1. The highest BCUT2D eigenvalue weighted by Crippen LogP contribution is 2.35. The van der Waals surface area contributed by atoms with Crippen LogP contribution in [0.3, 0.4) is 0 Å². The fourth-order valence-electron chi connectivity index (χ4n) is 4.09. The number of fused-ring (bicyclic) bond motifs is 1. The number of alkyl halides is 3. The topological polar surface area (TPSA) is 111 Å². The van der Waals surface area contributed by atoms with Gasteiger partial charge in [-0.05, 0) is 66.9 Å². The first-order valence-corrected chi connectivity index (χ1v) is 13.8. The van der Waals surface area contributed by atoms with Crippen LogP contribution in [0, 0.1) is 0 Å². The molecule has 8 nitrogen and oxygen atoms in total. The van der Waals surface area contributed by atoms with Gasteiger partial charge in [-0.25, -0.2) is 15.0 Å². The summed E-state index contributed by atoms with van der Waals surface area (Å²) in [6, 6.07) is 13.8. The van der Waals surface area contributed by atoms with E-state index in [1.165, 1.54) is 0 Å². The quantitative estimate of drug-likeness (QED) is 0.186. The van der Waals surface area contributed by atoms with Gasteiger partial charge in [-0.15, -0.1) is 11.8 Å². The minimum absolute atomic E-state index is 0.0221. The number of thioether (sulfide) groups is 1. The molecule has 0 saturated heterocycles. The molecule has 3 aromatic rings. The summed E-state index contributed by atoms with van der Waals surface area (Å²) < 4.78 is 38.6. The van der Waals surface area contributed by atoms with E-state index in [4.69, 9.17) is 16.7 Å². The lowest BCUT2D eigenvalue weighted by Gasteiger charge is -2.15. The predicted octanol–water partition coefficient (Wildman–Crippen LogP) is 6.67. The average Bonchev–Trinajstić information content (AvgIpc) is 3.18. The molecule has 41 heavy (non-hydrogen) atoms. The number of nitrogens with zero attached hydrogens (tertiary/aromatic N) is 2. The zero-order chi connectivity index (χ0) is 29.7. The normalized spacial score (nSPS) is 13.8. The fraction of sp³-hybridized carbons (Fsp3) is 0.214. The fourth-order valence-corrected chi connectivity index (χ4v) is 5.25. The molecule has 0 aromatic heterocycles. The van der Waals surface area contributed by atoms with Gasteiger partial charge in [0.25, 0.3) is 5.91 Å². The van der Waals surface area contributed by atoms with E-state index in [-0.39, 0.29) is 22.0 Å². The SMILES string of the molecule is CCCN1C(=O)/C(=N/NC(=O)Nc2ccc(C(F)(F)F)cc2Cl)c2cc(SCCc3ccc(C(=O)O)cc3)ccc21. The van der Waals surface area contributed by atoms with Crippen molar-refractivity contribution in [1.82, 2.24) is 5.43 Å². The number of carboxylic acids is 1. The molecule has 1 aliphatic rings. The molecule has 1 aliphatic heterocycles. The average molecular weight is 605 g/mol. The third-order valence-corrected chi connectivity index (χ3v) is 7.39. The number of benzene rings is 3. The zero-order valence-electron chi connectivity index (χ0n) is 21.6. The molecule has 13 heteroatoms. The Balaban J connectivity index is 1.46. The third-order valence-electron chi connectivity index (χ3n) is 6.08. The number of anilines is 2. The molecular formula is C28H24ClF3N4O4S. The number of amides is 3. The Labute approximate surface area is 242 Å². The van der Waals surface area contributed by atoms with Gasteiger partial charge in [-0.1, -0.05) is 30.7 Å². The van der Waals surface area contributed by atoms with Crippen molar-refractivity contribution in [3.8, 4) is 0 Å². The van der Waals surface area contributed by atoms with Crippen LogP contribution in [0.1, 0.15) is 40.4 Å². The number of hydrazone groups is 1. The molecule has 0 atom stereocenters. The van der Waals surface area contributed by atoms with E-state index in [2.05, 4.69) is 15.8 Å². The van der Waals surface area contributed by atoms with Crippen LogP contribution in [0.4, 0.5) is 29.3 Å². The number of carbonyl (C=O) groups is 3. The molecule has 0 radical (unpaired) electrons. The molecule has 4 rings (SSSR count). The molecule has 1 heterocycles. The summed E-state index contributed by atoms with van der Waals surface area (Å²) in [5.74, 6) is -0.683. The van der Waals surface area contributed by atoms with Gasteiger partial charge in [0.15, 0.2) is 5.71 Å². The predicted molar refractivity (Wildman–Crippen MR) is 152 cm³/mol. The summed E-state index contributed by atoms with van der Waals surface area (Å²) in [6.07, 6.45) is -3.20. The third kappa shape index (κ3) is 7.19. The molecule has 0 unspecified atom stereocenters. The van der Waals surface area contributed by atoms with Crippen molar-refractivity contribution >= 4 is 58.4 Å². The summed E-state index contributed by atoms with van der Waals surface area (Å²) >= 11 is 7.45. The van der Waals surface area contributed by atoms with Crippen molar-refractivity contribution < 1.29 is 32.7 Å². The first-order chi connectivity index (χ1) is 19.5. The molecular weight excluding hydrogens is 581 g/mol. The van der Waals surface area contributed by atoms with E-state index in [1.54, 1.807) is 40.9 Å². The molecule has 3 aromatic carbocycles. The van der Waals surface area contributed by atoms with Crippen LogP contribution in [0.15, 0.2) is 70.7 Å². The first-order valence-electron chi connectivity index (χ1n) is 12.4. The highest BCUT2D eigenvalue weighted by molar-refractivity contribution is 7.99. The largest absolute Gasteiger partial charge is 0.478 e. The standard InChI is InChI=1S/C28H24ClF3N4O4S/c1-2-12-36-23-10-8-19(41-13-11-16-3-5-17(6-4-16)26(38)39)15-20(23)24(25(36)37)34-35-27(40)33-22-9-7-18(14-21(22)29)28(30,31)32/h3-10,14-15H,2,11-13H2,1H3,(H,38,39)(H2,33,35,40)/b34-24+. The zero-order valence-corrected chi connectivity index (χ0v) is 23.2. The van der Waals surface area contributed by atoms with Gasteiger partial charge >= 0.3 is 18.2 Å². The lowest BCUT2D eigenvalue weighted by Crippen LogP contribution is -2.33. The summed E-state index contributed by atoms with van der Waals surface area (Å²) in [4.78, 5) is 39.1. The maximum atomic E-state index is 13.1. The monoisotopic (exact) mass is 604 g/mol. The van der Waals surface area contributed by atoms with Crippen LogP contribution in [-0.2, 0) is 17.4 Å². The van der Waals surface area contributed by atoms with Gasteiger partial charge in [0.2, 0.25) is 0 Å². The molecule has 214 valence electrons. The van der Waals surface area contributed by atoms with Gasteiger partial charge < -0.3 is 15.3 Å². The lowest BCUT2D eigenvalue weighted by atomic mass is 10.1. The van der Waals surface area contributed by atoms with Crippen LogP contribution in [0.25, 0.3) is 0 Å². The number of hydrogen-bond acceptors (Lipinski definition) is 5. The van der Waals surface area contributed by atoms with Crippen LogP contribution in [-0.4, -0.2) is 41.0 Å². The minimum atomic E-state index is -4.58. The molecule has 0 saturated carbocycles. The minimum Gasteiger partial charge on any atom is -0.478 e. The van der Waals surface area contributed by atoms with E-state index in [1.807, 2.05) is 25.1 Å². The smallest absolute Gasteiger partial charge is 0.416 e. The summed E-state index contributed by atoms with van der Waals surface area (Å²) in [5.41, 5.74) is 3.64. The van der Waals surface area contributed by atoms with Gasteiger partial charge in [0.1, 0.15) is 0 Å². The van der Waals surface area contributed by atoms with E-state index < -0.39 is 29.6 Å². The second-order valence-corrected chi connectivity index (χ2v) is 10.5. The van der Waals surface area contributed by atoms with Gasteiger partial charge in [0, 0.05) is 22.8 Å². The van der Waals surface area contributed by atoms with Gasteiger partial charge in [-0.2, -0.15) is 18.3 Å². The number of halogens is 4. The van der Waals surface area contributed by atoms with Crippen molar-refractivity contribution in [1.29, 1.82) is 0 Å². The Morgan fingerprint density at radius 2 is 1.80 bits per heavy atom. The van der Waals surface area contributed by atoms with E-state index in [0.29, 0.717) is 42.5 Å². The Bertz CT molecular complexity index is 1510. The Morgan fingerprint density at radius 3 is 2.44 bits per heavy atom. The summed E-state index contributed by atoms with van der Waals surface area (Å²) in [5, 5.41) is 15.1. The molecule has 3 N–H and O–H groups in total. The highest BCUT2D eigenvalue weighted by Gasteiger charge is 2.34. The molecule has 0 spiro atoms. The van der Waals surface area contributed by atoms with Crippen LogP contribution < -0.4 is 15.6 Å². The Hall–Kier alpha value is -4.03. The maximum absolute atomic E-state index is 13.1. The van der Waals surface area contributed by atoms with Crippen molar-refractivity contribution in [3.63, 3.8) is 0 Å².